The summed E-state index contributed by atoms with van der Waals surface area (Å²) in [6.07, 6.45) is -0.0378. The molecule has 0 aliphatic carbocycles. The highest BCUT2D eigenvalue weighted by atomic mass is 32.1. The number of rotatable bonds is 4. The highest BCUT2D eigenvalue weighted by Gasteiger charge is 2.44. The Morgan fingerprint density at radius 1 is 1.07 bits per heavy atom. The van der Waals surface area contributed by atoms with Gasteiger partial charge in [-0.15, -0.1) is 11.3 Å². The van der Waals surface area contributed by atoms with Crippen LogP contribution in [0.25, 0.3) is 5.57 Å². The van der Waals surface area contributed by atoms with Gasteiger partial charge in [0.15, 0.2) is 0 Å². The van der Waals surface area contributed by atoms with E-state index < -0.39 is 0 Å². The molecule has 2 aliphatic rings. The molecular formula is C21H22N2O4S. The summed E-state index contributed by atoms with van der Waals surface area (Å²) in [6.45, 7) is 5.10. The number of imide groups is 1. The van der Waals surface area contributed by atoms with Gasteiger partial charge in [-0.05, 0) is 37.4 Å². The van der Waals surface area contributed by atoms with E-state index in [1.54, 1.807) is 31.4 Å². The predicted octanol–water partition coefficient (Wildman–Crippen LogP) is 3.15. The van der Waals surface area contributed by atoms with Crippen molar-refractivity contribution in [1.82, 2.24) is 4.90 Å². The fourth-order valence-electron chi connectivity index (χ4n) is 3.80. The molecule has 0 bridgehead atoms. The van der Waals surface area contributed by atoms with Gasteiger partial charge in [-0.25, -0.2) is 4.90 Å². The molecule has 2 amide bonds. The van der Waals surface area contributed by atoms with Gasteiger partial charge in [0, 0.05) is 24.0 Å². The van der Waals surface area contributed by atoms with Crippen molar-refractivity contribution in [3.63, 3.8) is 0 Å². The van der Waals surface area contributed by atoms with E-state index in [0.29, 0.717) is 35.8 Å². The van der Waals surface area contributed by atoms with Gasteiger partial charge in [-0.1, -0.05) is 12.1 Å². The molecule has 6 nitrogen and oxygen atoms in total. The zero-order valence-corrected chi connectivity index (χ0v) is 16.9. The average molecular weight is 398 g/mol. The topological polar surface area (TPSA) is 59.1 Å². The Balaban J connectivity index is 1.80. The van der Waals surface area contributed by atoms with Gasteiger partial charge in [-0.3, -0.25) is 9.59 Å². The molecule has 2 unspecified atom stereocenters. The summed E-state index contributed by atoms with van der Waals surface area (Å²) in [4.78, 5) is 30.9. The Hall–Kier alpha value is -2.64. The number of nitrogens with zero attached hydrogens (tertiary/aromatic N) is 2. The third-order valence-electron chi connectivity index (χ3n) is 4.87. The van der Waals surface area contributed by atoms with E-state index in [4.69, 9.17) is 9.47 Å². The van der Waals surface area contributed by atoms with Gasteiger partial charge in [0.25, 0.3) is 11.8 Å². The first-order valence-electron chi connectivity index (χ1n) is 9.21. The first kappa shape index (κ1) is 18.7. The standard InChI is InChI=1S/C21H22N2O4S/c1-13-11-22(12-14(2)27-13)19-18(17-8-5-9-28-17)20(24)23(21(19)25)15-6-4-7-16(10-15)26-3/h4-10,13-14H,11-12H2,1-3H3. The molecule has 3 heterocycles. The molecule has 4 rings (SSSR count). The lowest BCUT2D eigenvalue weighted by Crippen LogP contribution is -2.47. The van der Waals surface area contributed by atoms with Crippen LogP contribution in [0.2, 0.25) is 0 Å². The van der Waals surface area contributed by atoms with Crippen LogP contribution in [0.5, 0.6) is 5.75 Å². The minimum Gasteiger partial charge on any atom is -0.497 e. The Morgan fingerprint density at radius 3 is 2.46 bits per heavy atom. The molecule has 2 aromatic rings. The molecule has 2 aliphatic heterocycles. The molecule has 146 valence electrons. The number of hydrogen-bond acceptors (Lipinski definition) is 6. The minimum absolute atomic E-state index is 0.0189. The number of hydrogen-bond donors (Lipinski definition) is 0. The van der Waals surface area contributed by atoms with Crippen molar-refractivity contribution in [3.8, 4) is 5.75 Å². The maximum Gasteiger partial charge on any atom is 0.282 e. The molecule has 2 atom stereocenters. The Morgan fingerprint density at radius 2 is 1.82 bits per heavy atom. The summed E-state index contributed by atoms with van der Waals surface area (Å²) < 4.78 is 11.1. The van der Waals surface area contributed by atoms with Crippen molar-refractivity contribution in [2.45, 2.75) is 26.1 Å². The third kappa shape index (κ3) is 3.21. The Labute approximate surface area is 168 Å². The fraction of sp³-hybridized carbons (Fsp3) is 0.333. The molecule has 0 spiro atoms. The van der Waals surface area contributed by atoms with Gasteiger partial charge >= 0.3 is 0 Å². The highest BCUT2D eigenvalue weighted by molar-refractivity contribution is 7.11. The quantitative estimate of drug-likeness (QED) is 0.741. The smallest absolute Gasteiger partial charge is 0.282 e. The monoisotopic (exact) mass is 398 g/mol. The van der Waals surface area contributed by atoms with Crippen molar-refractivity contribution in [2.24, 2.45) is 0 Å². The molecular weight excluding hydrogens is 376 g/mol. The van der Waals surface area contributed by atoms with Crippen LogP contribution in [0.3, 0.4) is 0 Å². The normalized spacial score (nSPS) is 23.0. The van der Waals surface area contributed by atoms with Crippen molar-refractivity contribution in [2.75, 3.05) is 25.1 Å². The Bertz CT molecular complexity index is 928. The van der Waals surface area contributed by atoms with Crippen molar-refractivity contribution >= 4 is 34.4 Å². The molecule has 7 heteroatoms. The van der Waals surface area contributed by atoms with E-state index in [0.717, 1.165) is 4.88 Å². The molecule has 1 aromatic heterocycles. The number of thiophene rings is 1. The number of ether oxygens (including phenoxy) is 2. The largest absolute Gasteiger partial charge is 0.497 e. The zero-order valence-electron chi connectivity index (χ0n) is 16.0. The van der Waals surface area contributed by atoms with Crippen LogP contribution < -0.4 is 9.64 Å². The third-order valence-corrected chi connectivity index (χ3v) is 5.76. The molecule has 1 saturated heterocycles. The van der Waals surface area contributed by atoms with E-state index in [-0.39, 0.29) is 24.0 Å². The zero-order chi connectivity index (χ0) is 19.8. The van der Waals surface area contributed by atoms with Crippen LogP contribution in [0.4, 0.5) is 5.69 Å². The minimum atomic E-state index is -0.303. The fourth-order valence-corrected chi connectivity index (χ4v) is 4.56. The number of carbonyl (C=O) groups excluding carboxylic acids is 2. The van der Waals surface area contributed by atoms with Crippen LogP contribution in [-0.2, 0) is 14.3 Å². The van der Waals surface area contributed by atoms with Crippen LogP contribution in [0.1, 0.15) is 18.7 Å². The average Bonchev–Trinajstić information content (AvgIpc) is 3.27. The first-order valence-corrected chi connectivity index (χ1v) is 10.1. The van der Waals surface area contributed by atoms with E-state index in [2.05, 4.69) is 0 Å². The van der Waals surface area contributed by atoms with E-state index in [1.807, 2.05) is 36.3 Å². The molecule has 0 N–H and O–H groups in total. The van der Waals surface area contributed by atoms with E-state index in [9.17, 15) is 9.59 Å². The number of methoxy groups -OCH3 is 1. The van der Waals surface area contributed by atoms with Crippen molar-refractivity contribution in [1.29, 1.82) is 0 Å². The van der Waals surface area contributed by atoms with Crippen LogP contribution in [-0.4, -0.2) is 49.1 Å². The van der Waals surface area contributed by atoms with Crippen LogP contribution >= 0.6 is 11.3 Å². The maximum absolute atomic E-state index is 13.5. The van der Waals surface area contributed by atoms with Crippen molar-refractivity contribution in [3.05, 3.63) is 52.4 Å². The number of benzene rings is 1. The van der Waals surface area contributed by atoms with E-state index in [1.165, 1.54) is 16.2 Å². The lowest BCUT2D eigenvalue weighted by molar-refractivity contribution is -0.121. The number of anilines is 1. The molecule has 1 fully saturated rings. The SMILES string of the molecule is COc1cccc(N2C(=O)C(c3cccs3)=C(N3CC(C)OC(C)C3)C2=O)c1. The van der Waals surface area contributed by atoms with Gasteiger partial charge in [0.2, 0.25) is 0 Å². The maximum atomic E-state index is 13.5. The summed E-state index contributed by atoms with van der Waals surface area (Å²) in [5, 5.41) is 1.91. The summed E-state index contributed by atoms with van der Waals surface area (Å²) in [5.74, 6) is -0.0108. The number of carbonyl (C=O) groups is 2. The molecule has 0 saturated carbocycles. The predicted molar refractivity (Wildman–Crippen MR) is 108 cm³/mol. The highest BCUT2D eigenvalue weighted by Crippen LogP contribution is 2.38. The van der Waals surface area contributed by atoms with Gasteiger partial charge in [0.1, 0.15) is 11.4 Å². The summed E-state index contributed by atoms with van der Waals surface area (Å²) in [7, 11) is 1.56. The van der Waals surface area contributed by atoms with Gasteiger partial charge < -0.3 is 14.4 Å². The molecule has 28 heavy (non-hydrogen) atoms. The summed E-state index contributed by atoms with van der Waals surface area (Å²) in [5.41, 5.74) is 1.43. The second-order valence-electron chi connectivity index (χ2n) is 7.01. The Kier molecular flexibility index (Phi) is 4.95. The molecule has 1 aromatic carbocycles. The van der Waals surface area contributed by atoms with E-state index >= 15 is 0 Å². The number of morpholine rings is 1. The molecule has 0 radical (unpaired) electrons. The second-order valence-corrected chi connectivity index (χ2v) is 7.96. The lowest BCUT2D eigenvalue weighted by Gasteiger charge is -2.37. The van der Waals surface area contributed by atoms with Crippen LogP contribution in [0.15, 0.2) is 47.5 Å². The second kappa shape index (κ2) is 7.41. The van der Waals surface area contributed by atoms with Crippen molar-refractivity contribution < 1.29 is 19.1 Å². The number of amides is 2. The van der Waals surface area contributed by atoms with Gasteiger partial charge in [-0.2, -0.15) is 0 Å². The summed E-state index contributed by atoms with van der Waals surface area (Å²) >= 11 is 1.46. The van der Waals surface area contributed by atoms with Gasteiger partial charge in [0.05, 0.1) is 30.6 Å². The lowest BCUT2D eigenvalue weighted by atomic mass is 10.1. The van der Waals surface area contributed by atoms with Crippen LogP contribution in [0, 0.1) is 0 Å². The summed E-state index contributed by atoms with van der Waals surface area (Å²) in [6, 6.07) is 10.8. The first-order chi connectivity index (χ1) is 13.5.